The van der Waals surface area contributed by atoms with Gasteiger partial charge in [0, 0.05) is 0 Å². The van der Waals surface area contributed by atoms with E-state index < -0.39 is 5.97 Å². The van der Waals surface area contributed by atoms with Crippen molar-refractivity contribution < 1.29 is 23.9 Å². The van der Waals surface area contributed by atoms with Gasteiger partial charge in [-0.15, -0.1) is 0 Å². The third-order valence-corrected chi connectivity index (χ3v) is 3.20. The molecule has 1 aliphatic rings. The highest BCUT2D eigenvalue weighted by Gasteiger charge is 2.37. The molecule has 1 fully saturated rings. The van der Waals surface area contributed by atoms with Gasteiger partial charge in [0.15, 0.2) is 0 Å². The number of methoxy groups -OCH3 is 1. The van der Waals surface area contributed by atoms with Gasteiger partial charge in [0.25, 0.3) is 0 Å². The molecule has 0 saturated heterocycles. The zero-order valence-corrected chi connectivity index (χ0v) is 9.47. The Morgan fingerprint density at radius 3 is 2.50 bits per heavy atom. The number of esters is 2. The van der Waals surface area contributed by atoms with Crippen molar-refractivity contribution in [2.75, 3.05) is 7.11 Å². The second kappa shape index (κ2) is 5.63. The molecule has 0 aromatic rings. The predicted molar refractivity (Wildman–Crippen MR) is 54.2 cm³/mol. The Morgan fingerprint density at radius 1 is 1.25 bits per heavy atom. The van der Waals surface area contributed by atoms with Crippen molar-refractivity contribution >= 4 is 18.4 Å². The largest absolute Gasteiger partial charge is 0.469 e. The summed E-state index contributed by atoms with van der Waals surface area (Å²) in [5.41, 5.74) is 0. The first kappa shape index (κ1) is 12.7. The monoisotopic (exact) mass is 228 g/mol. The van der Waals surface area contributed by atoms with Crippen molar-refractivity contribution in [2.45, 2.75) is 26.2 Å². The van der Waals surface area contributed by atoms with Crippen LogP contribution < -0.4 is 0 Å². The van der Waals surface area contributed by atoms with Crippen LogP contribution >= 0.6 is 0 Å². The van der Waals surface area contributed by atoms with Crippen molar-refractivity contribution in [3.63, 3.8) is 0 Å². The molecule has 1 saturated carbocycles. The van der Waals surface area contributed by atoms with Crippen LogP contribution in [0.3, 0.4) is 0 Å². The average molecular weight is 228 g/mol. The average Bonchev–Trinajstić information content (AvgIpc) is 2.29. The molecule has 90 valence electrons. The lowest BCUT2D eigenvalue weighted by atomic mass is 9.75. The summed E-state index contributed by atoms with van der Waals surface area (Å²) in [4.78, 5) is 32.9. The highest BCUT2D eigenvalue weighted by molar-refractivity contribution is 5.80. The Hall–Kier alpha value is -1.39. The molecule has 0 aromatic heterocycles. The van der Waals surface area contributed by atoms with Gasteiger partial charge in [0.2, 0.25) is 0 Å². The summed E-state index contributed by atoms with van der Waals surface area (Å²) in [5, 5.41) is 0. The lowest BCUT2D eigenvalue weighted by Gasteiger charge is -2.30. The summed E-state index contributed by atoms with van der Waals surface area (Å²) in [6, 6.07) is 0. The van der Waals surface area contributed by atoms with E-state index in [0.29, 0.717) is 6.42 Å². The van der Waals surface area contributed by atoms with E-state index in [4.69, 9.17) is 0 Å². The van der Waals surface area contributed by atoms with E-state index in [1.165, 1.54) is 7.11 Å². The Bertz CT molecular complexity index is 286. The molecule has 0 amide bonds. The fraction of sp³-hybridized carbons (Fsp3) is 0.727. The quantitative estimate of drug-likeness (QED) is 0.408. The van der Waals surface area contributed by atoms with Crippen LogP contribution in [0.4, 0.5) is 0 Å². The maximum Gasteiger partial charge on any atom is 0.316 e. The van der Waals surface area contributed by atoms with Crippen molar-refractivity contribution in [1.82, 2.24) is 0 Å². The first-order valence-electron chi connectivity index (χ1n) is 5.32. The molecule has 0 spiro atoms. The molecule has 0 N–H and O–H groups in total. The minimum atomic E-state index is -0.545. The number of ether oxygens (including phenoxy) is 2. The third-order valence-electron chi connectivity index (χ3n) is 3.20. The van der Waals surface area contributed by atoms with Crippen LogP contribution in [-0.4, -0.2) is 25.5 Å². The van der Waals surface area contributed by atoms with Crippen LogP contribution in [0.5, 0.6) is 0 Å². The van der Waals surface area contributed by atoms with E-state index >= 15 is 0 Å². The molecule has 1 aliphatic carbocycles. The molecule has 0 aliphatic heterocycles. The maximum atomic E-state index is 11.5. The van der Waals surface area contributed by atoms with Crippen LogP contribution in [0, 0.1) is 17.8 Å². The molecule has 0 radical (unpaired) electrons. The van der Waals surface area contributed by atoms with Crippen LogP contribution in [0.1, 0.15) is 26.2 Å². The van der Waals surface area contributed by atoms with Crippen LogP contribution in [0.15, 0.2) is 0 Å². The molecular weight excluding hydrogens is 212 g/mol. The van der Waals surface area contributed by atoms with Gasteiger partial charge in [-0.25, -0.2) is 0 Å². The molecular formula is C11H16O5. The van der Waals surface area contributed by atoms with Gasteiger partial charge in [-0.05, 0) is 25.2 Å². The zero-order chi connectivity index (χ0) is 12.1. The fourth-order valence-electron chi connectivity index (χ4n) is 2.17. The third kappa shape index (κ3) is 2.81. The fourth-order valence-corrected chi connectivity index (χ4v) is 2.17. The van der Waals surface area contributed by atoms with E-state index in [1.807, 2.05) is 6.92 Å². The van der Waals surface area contributed by atoms with Gasteiger partial charge in [-0.3, -0.25) is 14.4 Å². The highest BCUT2D eigenvalue weighted by Crippen LogP contribution is 2.34. The molecule has 0 aromatic carbocycles. The van der Waals surface area contributed by atoms with Gasteiger partial charge < -0.3 is 9.47 Å². The Kier molecular flexibility index (Phi) is 4.46. The van der Waals surface area contributed by atoms with Gasteiger partial charge in [0.05, 0.1) is 18.9 Å². The minimum absolute atomic E-state index is 0.133. The van der Waals surface area contributed by atoms with Gasteiger partial charge in [-0.1, -0.05) is 6.92 Å². The summed E-state index contributed by atoms with van der Waals surface area (Å²) in [7, 11) is 1.33. The second-order valence-corrected chi connectivity index (χ2v) is 4.15. The second-order valence-electron chi connectivity index (χ2n) is 4.15. The summed E-state index contributed by atoms with van der Waals surface area (Å²) in [5.74, 6) is -1.35. The Labute approximate surface area is 94.1 Å². The van der Waals surface area contributed by atoms with Gasteiger partial charge in [-0.2, -0.15) is 0 Å². The number of carbonyl (C=O) groups is 3. The molecule has 5 nitrogen and oxygen atoms in total. The molecule has 1 rings (SSSR count). The van der Waals surface area contributed by atoms with Crippen molar-refractivity contribution in [1.29, 1.82) is 0 Å². The summed E-state index contributed by atoms with van der Waals surface area (Å²) >= 11 is 0. The summed E-state index contributed by atoms with van der Waals surface area (Å²) < 4.78 is 8.99. The zero-order valence-electron chi connectivity index (χ0n) is 9.47. The smallest absolute Gasteiger partial charge is 0.316 e. The number of hydrogen-bond donors (Lipinski definition) is 0. The van der Waals surface area contributed by atoms with E-state index in [9.17, 15) is 14.4 Å². The highest BCUT2D eigenvalue weighted by atomic mass is 16.6. The van der Waals surface area contributed by atoms with Crippen molar-refractivity contribution in [3.8, 4) is 0 Å². The SMILES string of the molecule is COC(=O)[C@H]1CC[C@H](C)[C@@H](C(=O)OC=O)C1. The number of hydrogen-bond acceptors (Lipinski definition) is 5. The lowest BCUT2D eigenvalue weighted by Crippen LogP contribution is -2.34. The molecule has 0 unspecified atom stereocenters. The van der Waals surface area contributed by atoms with E-state index in [2.05, 4.69) is 9.47 Å². The summed E-state index contributed by atoms with van der Waals surface area (Å²) in [6.45, 7) is 2.06. The molecule has 0 heterocycles. The normalized spacial score (nSPS) is 29.2. The molecule has 0 bridgehead atoms. The number of rotatable bonds is 3. The van der Waals surface area contributed by atoms with Gasteiger partial charge in [0.1, 0.15) is 0 Å². The van der Waals surface area contributed by atoms with Crippen LogP contribution in [0.2, 0.25) is 0 Å². The van der Waals surface area contributed by atoms with Crippen LogP contribution in [-0.2, 0) is 23.9 Å². The molecule has 16 heavy (non-hydrogen) atoms. The van der Waals surface area contributed by atoms with Crippen molar-refractivity contribution in [2.24, 2.45) is 17.8 Å². The Morgan fingerprint density at radius 2 is 1.94 bits per heavy atom. The van der Waals surface area contributed by atoms with E-state index in [-0.39, 0.29) is 30.2 Å². The first-order chi connectivity index (χ1) is 7.60. The first-order valence-corrected chi connectivity index (χ1v) is 5.32. The summed E-state index contributed by atoms with van der Waals surface area (Å²) in [6.07, 6.45) is 1.89. The minimum Gasteiger partial charge on any atom is -0.469 e. The van der Waals surface area contributed by atoms with E-state index in [1.54, 1.807) is 0 Å². The van der Waals surface area contributed by atoms with Crippen molar-refractivity contribution in [3.05, 3.63) is 0 Å². The number of carbonyl (C=O) groups excluding carboxylic acids is 3. The van der Waals surface area contributed by atoms with Crippen LogP contribution in [0.25, 0.3) is 0 Å². The standard InChI is InChI=1S/C11H16O5/c1-7-3-4-8(10(13)15-2)5-9(7)11(14)16-6-12/h6-9H,3-5H2,1-2H3/t7-,8-,9-/m0/s1. The van der Waals surface area contributed by atoms with Gasteiger partial charge >= 0.3 is 18.4 Å². The topological polar surface area (TPSA) is 69.7 Å². The lowest BCUT2D eigenvalue weighted by molar-refractivity contribution is -0.159. The molecule has 3 atom stereocenters. The Balaban J connectivity index is 2.64. The maximum absolute atomic E-state index is 11.5. The predicted octanol–water partition coefficient (Wildman–Crippen LogP) is 0.911. The molecule has 5 heteroatoms. The van der Waals surface area contributed by atoms with E-state index in [0.717, 1.165) is 12.8 Å².